The molecule has 3 atom stereocenters. The highest BCUT2D eigenvalue weighted by Gasteiger charge is 2.36. The van der Waals surface area contributed by atoms with E-state index in [0.717, 1.165) is 17.5 Å². The van der Waals surface area contributed by atoms with Crippen LogP contribution >= 0.6 is 0 Å². The van der Waals surface area contributed by atoms with E-state index in [4.69, 9.17) is 20.5 Å². The van der Waals surface area contributed by atoms with Crippen molar-refractivity contribution in [3.8, 4) is 11.8 Å². The predicted molar refractivity (Wildman–Crippen MR) is 133 cm³/mol. The van der Waals surface area contributed by atoms with E-state index in [9.17, 15) is 14.4 Å². The van der Waals surface area contributed by atoms with Crippen molar-refractivity contribution in [2.24, 2.45) is 5.73 Å². The average molecular weight is 493 g/mol. The summed E-state index contributed by atoms with van der Waals surface area (Å²) >= 11 is 0. The number of hydrogen-bond acceptors (Lipinski definition) is 7. The summed E-state index contributed by atoms with van der Waals surface area (Å²) in [6.07, 6.45) is 0.878. The van der Waals surface area contributed by atoms with Crippen molar-refractivity contribution in [3.63, 3.8) is 0 Å². The first-order chi connectivity index (χ1) is 17.3. The molecule has 9 nitrogen and oxygen atoms in total. The number of amides is 2. The predicted octanol–water partition coefficient (Wildman–Crippen LogP) is 2.07. The molecule has 0 aliphatic carbocycles. The van der Waals surface area contributed by atoms with Crippen LogP contribution in [0.1, 0.15) is 43.4 Å². The quantitative estimate of drug-likeness (QED) is 0.485. The van der Waals surface area contributed by atoms with Crippen molar-refractivity contribution in [1.82, 2.24) is 10.2 Å². The fourth-order valence-corrected chi connectivity index (χ4v) is 4.13. The number of nitrogens with zero attached hydrogens (tertiary/aromatic N) is 2. The molecule has 0 bridgehead atoms. The largest absolute Gasteiger partial charge is 0.479 e. The van der Waals surface area contributed by atoms with Crippen LogP contribution in [0, 0.1) is 11.3 Å². The number of benzene rings is 2. The fourth-order valence-electron chi connectivity index (χ4n) is 4.13. The molecule has 2 aromatic rings. The van der Waals surface area contributed by atoms with Crippen LogP contribution in [0.3, 0.4) is 0 Å². The van der Waals surface area contributed by atoms with Gasteiger partial charge in [0.15, 0.2) is 6.10 Å². The van der Waals surface area contributed by atoms with Gasteiger partial charge in [-0.3, -0.25) is 9.59 Å². The highest BCUT2D eigenvalue weighted by atomic mass is 16.6. The van der Waals surface area contributed by atoms with Crippen molar-refractivity contribution in [1.29, 1.82) is 5.26 Å². The van der Waals surface area contributed by atoms with Gasteiger partial charge in [0.1, 0.15) is 11.8 Å². The summed E-state index contributed by atoms with van der Waals surface area (Å²) in [5.74, 6) is -0.407. The summed E-state index contributed by atoms with van der Waals surface area (Å²) in [6.45, 7) is 4.42. The van der Waals surface area contributed by atoms with Gasteiger partial charge in [-0.2, -0.15) is 5.26 Å². The van der Waals surface area contributed by atoms with Crippen molar-refractivity contribution in [2.45, 2.75) is 57.8 Å². The number of hydrogen-bond donors (Lipinski definition) is 2. The van der Waals surface area contributed by atoms with Gasteiger partial charge in [0, 0.05) is 13.1 Å². The summed E-state index contributed by atoms with van der Waals surface area (Å²) in [6, 6.07) is 14.8. The standard InChI is InChI=1S/C27H32N4O5/c1-3-35-27(34)18(2)36-22-11-9-19(10-12-22)17-30-25(32)24-8-5-13-31(24)26(33)23(29)15-20-6-4-7-21(14-20)16-28/h4,6-7,9-12,14,18,23-24H,3,5,8,13,15,17,29H2,1-2H3,(H,30,32)/t18?,23-,24-/m0/s1. The number of carbonyl (C=O) groups excluding carboxylic acids is 3. The van der Waals surface area contributed by atoms with Crippen molar-refractivity contribution in [2.75, 3.05) is 13.2 Å². The normalized spacial score (nSPS) is 16.5. The highest BCUT2D eigenvalue weighted by Crippen LogP contribution is 2.20. The van der Waals surface area contributed by atoms with E-state index in [0.29, 0.717) is 30.7 Å². The molecule has 190 valence electrons. The van der Waals surface area contributed by atoms with Gasteiger partial charge in [-0.05, 0) is 68.5 Å². The van der Waals surface area contributed by atoms with Crippen LogP contribution in [0.2, 0.25) is 0 Å². The summed E-state index contributed by atoms with van der Waals surface area (Å²) in [4.78, 5) is 39.2. The first-order valence-corrected chi connectivity index (χ1v) is 12.1. The van der Waals surface area contributed by atoms with Crippen LogP contribution < -0.4 is 15.8 Å². The number of nitrogens with one attached hydrogen (secondary N) is 1. The Morgan fingerprint density at radius 2 is 1.94 bits per heavy atom. The lowest BCUT2D eigenvalue weighted by atomic mass is 10.0. The van der Waals surface area contributed by atoms with Crippen LogP contribution in [0.15, 0.2) is 48.5 Å². The molecule has 1 fully saturated rings. The summed E-state index contributed by atoms with van der Waals surface area (Å²) in [5, 5.41) is 12.0. The maximum absolute atomic E-state index is 13.0. The molecule has 1 aliphatic rings. The minimum Gasteiger partial charge on any atom is -0.479 e. The van der Waals surface area contributed by atoms with Crippen LogP contribution in [0.4, 0.5) is 0 Å². The van der Waals surface area contributed by atoms with Gasteiger partial charge in [0.05, 0.1) is 24.3 Å². The van der Waals surface area contributed by atoms with Crippen LogP contribution in [0.5, 0.6) is 5.75 Å². The van der Waals surface area contributed by atoms with E-state index < -0.39 is 24.2 Å². The van der Waals surface area contributed by atoms with E-state index in [1.54, 1.807) is 61.2 Å². The first kappa shape index (κ1) is 26.7. The molecule has 1 aliphatic heterocycles. The Morgan fingerprint density at radius 3 is 2.64 bits per heavy atom. The monoisotopic (exact) mass is 492 g/mol. The molecule has 0 spiro atoms. The molecular formula is C27H32N4O5. The topological polar surface area (TPSA) is 135 Å². The smallest absolute Gasteiger partial charge is 0.347 e. The fraction of sp³-hybridized carbons (Fsp3) is 0.407. The molecule has 2 aromatic carbocycles. The Labute approximate surface area is 211 Å². The molecule has 0 radical (unpaired) electrons. The number of carbonyl (C=O) groups is 3. The van der Waals surface area contributed by atoms with Crippen LogP contribution in [-0.2, 0) is 32.1 Å². The van der Waals surface area contributed by atoms with Crippen molar-refractivity contribution >= 4 is 17.8 Å². The minimum absolute atomic E-state index is 0.226. The average Bonchev–Trinajstić information content (AvgIpc) is 3.38. The molecule has 1 unspecified atom stereocenters. The third-order valence-electron chi connectivity index (χ3n) is 5.99. The summed E-state index contributed by atoms with van der Waals surface area (Å²) < 4.78 is 10.5. The molecule has 0 aromatic heterocycles. The number of esters is 1. The molecule has 36 heavy (non-hydrogen) atoms. The van der Waals surface area contributed by atoms with Gasteiger partial charge >= 0.3 is 5.97 Å². The SMILES string of the molecule is CCOC(=O)C(C)Oc1ccc(CNC(=O)[C@@H]2CCCN2C(=O)[C@@H](N)Cc2cccc(C#N)c2)cc1. The van der Waals surface area contributed by atoms with Crippen molar-refractivity contribution < 1.29 is 23.9 Å². The lowest BCUT2D eigenvalue weighted by Crippen LogP contribution is -2.51. The molecule has 0 saturated carbocycles. The van der Waals surface area contributed by atoms with Gasteiger partial charge < -0.3 is 25.4 Å². The third-order valence-corrected chi connectivity index (χ3v) is 5.99. The van der Waals surface area contributed by atoms with E-state index in [1.807, 2.05) is 6.07 Å². The third kappa shape index (κ3) is 7.06. The maximum atomic E-state index is 13.0. The second-order valence-corrected chi connectivity index (χ2v) is 8.69. The molecule has 1 heterocycles. The van der Waals surface area contributed by atoms with Gasteiger partial charge in [0.25, 0.3) is 0 Å². The molecule has 1 saturated heterocycles. The number of rotatable bonds is 10. The summed E-state index contributed by atoms with van der Waals surface area (Å²) in [7, 11) is 0. The molecule has 2 amide bonds. The van der Waals surface area contributed by atoms with E-state index >= 15 is 0 Å². The lowest BCUT2D eigenvalue weighted by Gasteiger charge is -2.27. The first-order valence-electron chi connectivity index (χ1n) is 12.1. The number of nitriles is 1. The second-order valence-electron chi connectivity index (χ2n) is 8.69. The Balaban J connectivity index is 1.52. The van der Waals surface area contributed by atoms with E-state index in [1.165, 1.54) is 0 Å². The maximum Gasteiger partial charge on any atom is 0.347 e. The van der Waals surface area contributed by atoms with Crippen LogP contribution in [-0.4, -0.2) is 54.0 Å². The lowest BCUT2D eigenvalue weighted by molar-refractivity contribution is -0.150. The molecule has 3 N–H and O–H groups in total. The second kappa shape index (κ2) is 12.7. The van der Waals surface area contributed by atoms with E-state index in [2.05, 4.69) is 11.4 Å². The zero-order valence-corrected chi connectivity index (χ0v) is 20.6. The number of ether oxygens (including phenoxy) is 2. The van der Waals surface area contributed by atoms with Crippen molar-refractivity contribution in [3.05, 3.63) is 65.2 Å². The molecular weight excluding hydrogens is 460 g/mol. The Bertz CT molecular complexity index is 1110. The van der Waals surface area contributed by atoms with Gasteiger partial charge in [-0.25, -0.2) is 4.79 Å². The Kier molecular flexibility index (Phi) is 9.42. The van der Waals surface area contributed by atoms with Gasteiger partial charge in [-0.15, -0.1) is 0 Å². The number of nitrogens with two attached hydrogens (primary N) is 1. The minimum atomic E-state index is -0.795. The molecule has 9 heteroatoms. The summed E-state index contributed by atoms with van der Waals surface area (Å²) in [5.41, 5.74) is 8.35. The molecule has 3 rings (SSSR count). The zero-order valence-electron chi connectivity index (χ0n) is 20.6. The van der Waals surface area contributed by atoms with E-state index in [-0.39, 0.29) is 25.0 Å². The zero-order chi connectivity index (χ0) is 26.1. The number of likely N-dealkylation sites (tertiary alicyclic amines) is 1. The van der Waals surface area contributed by atoms with Crippen LogP contribution in [0.25, 0.3) is 0 Å². The van der Waals surface area contributed by atoms with Gasteiger partial charge in [0.2, 0.25) is 11.8 Å². The van der Waals surface area contributed by atoms with Gasteiger partial charge in [-0.1, -0.05) is 24.3 Å². The Hall–Kier alpha value is -3.90. The highest BCUT2D eigenvalue weighted by molar-refractivity contribution is 5.90. The Morgan fingerprint density at radius 1 is 1.19 bits per heavy atom.